The molecule has 0 aromatic carbocycles. The second-order valence-electron chi connectivity index (χ2n) is 4.76. The Hall–Kier alpha value is -0.580. The topological polar surface area (TPSA) is 40.6 Å². The summed E-state index contributed by atoms with van der Waals surface area (Å²) in [5, 5.41) is 0.316. The van der Waals surface area contributed by atoms with E-state index >= 15 is 0 Å². The van der Waals surface area contributed by atoms with E-state index in [1.807, 2.05) is 4.90 Å². The van der Waals surface area contributed by atoms with Crippen molar-refractivity contribution in [3.8, 4) is 0 Å². The normalized spacial score (nSPS) is 25.1. The van der Waals surface area contributed by atoms with Crippen molar-refractivity contribution in [2.75, 3.05) is 25.0 Å². The third-order valence-electron chi connectivity index (χ3n) is 3.64. The molecular weight excluding hydrogens is 284 g/mol. The maximum absolute atomic E-state index is 12.3. The van der Waals surface area contributed by atoms with Crippen molar-refractivity contribution in [3.05, 3.63) is 0 Å². The molecule has 0 unspecified atom stereocenters. The zero-order valence-electron chi connectivity index (χ0n) is 10.0. The fourth-order valence-corrected chi connectivity index (χ4v) is 3.05. The van der Waals surface area contributed by atoms with Crippen molar-refractivity contribution in [1.82, 2.24) is 9.80 Å². The molecule has 0 spiro atoms. The van der Waals surface area contributed by atoms with Crippen LogP contribution < -0.4 is 0 Å². The van der Waals surface area contributed by atoms with Gasteiger partial charge in [-0.2, -0.15) is 0 Å². The molecular formula is C12H19BrN2O2. The lowest BCUT2D eigenvalue weighted by Crippen LogP contribution is -2.49. The summed E-state index contributed by atoms with van der Waals surface area (Å²) in [5.41, 5.74) is 0. The number of amides is 2. The first-order chi connectivity index (χ1) is 8.24. The van der Waals surface area contributed by atoms with Crippen LogP contribution in [0.5, 0.6) is 0 Å². The Morgan fingerprint density at radius 2 is 1.76 bits per heavy atom. The number of carbonyl (C=O) groups is 2. The van der Waals surface area contributed by atoms with Crippen molar-refractivity contribution in [1.29, 1.82) is 0 Å². The van der Waals surface area contributed by atoms with Crippen LogP contribution in [0.1, 0.15) is 32.1 Å². The van der Waals surface area contributed by atoms with Crippen LogP contribution in [-0.2, 0) is 9.59 Å². The highest BCUT2D eigenvalue weighted by molar-refractivity contribution is 9.09. The zero-order chi connectivity index (χ0) is 12.3. The molecule has 2 aliphatic rings. The SMILES string of the molecule is O=C([C@H]1CCCN1C(=O)CBr)N1CCCCC1. The standard InChI is InChI=1S/C12H19BrN2O2/c13-9-11(16)15-8-4-5-10(15)12(17)14-6-2-1-3-7-14/h10H,1-9H2/t10-/m1/s1. The molecule has 4 nitrogen and oxygen atoms in total. The van der Waals surface area contributed by atoms with Crippen LogP contribution in [0.3, 0.4) is 0 Å². The van der Waals surface area contributed by atoms with Crippen molar-refractivity contribution >= 4 is 27.7 Å². The second-order valence-corrected chi connectivity index (χ2v) is 5.33. The summed E-state index contributed by atoms with van der Waals surface area (Å²) < 4.78 is 0. The van der Waals surface area contributed by atoms with Gasteiger partial charge in [-0.3, -0.25) is 9.59 Å². The van der Waals surface area contributed by atoms with Gasteiger partial charge in [0.25, 0.3) is 0 Å². The predicted molar refractivity (Wildman–Crippen MR) is 69.0 cm³/mol. The molecule has 0 bridgehead atoms. The van der Waals surface area contributed by atoms with E-state index in [4.69, 9.17) is 0 Å². The molecule has 0 radical (unpaired) electrons. The van der Waals surface area contributed by atoms with Gasteiger partial charge >= 0.3 is 0 Å². The van der Waals surface area contributed by atoms with Crippen molar-refractivity contribution in [2.24, 2.45) is 0 Å². The van der Waals surface area contributed by atoms with E-state index in [1.54, 1.807) is 4.90 Å². The van der Waals surface area contributed by atoms with Gasteiger partial charge in [-0.25, -0.2) is 0 Å². The molecule has 17 heavy (non-hydrogen) atoms. The Labute approximate surface area is 110 Å². The molecule has 0 aliphatic carbocycles. The van der Waals surface area contributed by atoms with Crippen molar-refractivity contribution in [2.45, 2.75) is 38.1 Å². The minimum absolute atomic E-state index is 0.0397. The largest absolute Gasteiger partial charge is 0.341 e. The van der Waals surface area contributed by atoms with E-state index in [1.165, 1.54) is 6.42 Å². The predicted octanol–water partition coefficient (Wildman–Crippen LogP) is 1.38. The molecule has 2 saturated heterocycles. The van der Waals surface area contributed by atoms with Crippen molar-refractivity contribution < 1.29 is 9.59 Å². The fraction of sp³-hybridized carbons (Fsp3) is 0.833. The first-order valence-corrected chi connectivity index (χ1v) is 7.50. The monoisotopic (exact) mass is 302 g/mol. The molecule has 0 saturated carbocycles. The van der Waals surface area contributed by atoms with Crippen LogP contribution in [0.15, 0.2) is 0 Å². The van der Waals surface area contributed by atoms with Gasteiger partial charge in [0.1, 0.15) is 6.04 Å². The summed E-state index contributed by atoms with van der Waals surface area (Å²) in [4.78, 5) is 27.7. The van der Waals surface area contributed by atoms with Gasteiger partial charge in [0.05, 0.1) is 5.33 Å². The first-order valence-electron chi connectivity index (χ1n) is 6.38. The van der Waals surface area contributed by atoms with E-state index in [9.17, 15) is 9.59 Å². The fourth-order valence-electron chi connectivity index (χ4n) is 2.72. The van der Waals surface area contributed by atoms with Gasteiger partial charge in [0.15, 0.2) is 0 Å². The Kier molecular flexibility index (Phi) is 4.42. The zero-order valence-corrected chi connectivity index (χ0v) is 11.6. The van der Waals surface area contributed by atoms with Gasteiger partial charge in [0.2, 0.25) is 11.8 Å². The maximum atomic E-state index is 12.3. The summed E-state index contributed by atoms with van der Waals surface area (Å²) in [5.74, 6) is 0.203. The summed E-state index contributed by atoms with van der Waals surface area (Å²) in [6, 6.07) is -0.196. The van der Waals surface area contributed by atoms with Gasteiger partial charge < -0.3 is 9.80 Å². The molecule has 1 atom stereocenters. The molecule has 2 aliphatic heterocycles. The molecule has 0 aromatic heterocycles. The Morgan fingerprint density at radius 3 is 2.41 bits per heavy atom. The van der Waals surface area contributed by atoms with Gasteiger partial charge in [-0.15, -0.1) is 0 Å². The number of likely N-dealkylation sites (tertiary alicyclic amines) is 2. The maximum Gasteiger partial charge on any atom is 0.245 e. The number of piperidine rings is 1. The van der Waals surface area contributed by atoms with Crippen LogP contribution >= 0.6 is 15.9 Å². The quantitative estimate of drug-likeness (QED) is 0.723. The average Bonchev–Trinajstić information content (AvgIpc) is 2.87. The first kappa shape index (κ1) is 12.9. The highest BCUT2D eigenvalue weighted by Crippen LogP contribution is 2.21. The van der Waals surface area contributed by atoms with E-state index in [-0.39, 0.29) is 17.9 Å². The third-order valence-corrected chi connectivity index (χ3v) is 4.12. The number of hydrogen-bond acceptors (Lipinski definition) is 2. The van der Waals surface area contributed by atoms with Crippen LogP contribution in [-0.4, -0.2) is 52.6 Å². The molecule has 2 rings (SSSR count). The van der Waals surface area contributed by atoms with Crippen LogP contribution in [0.2, 0.25) is 0 Å². The van der Waals surface area contributed by atoms with Gasteiger partial charge in [-0.1, -0.05) is 15.9 Å². The number of nitrogens with zero attached hydrogens (tertiary/aromatic N) is 2. The lowest BCUT2D eigenvalue weighted by molar-refractivity contribution is -0.143. The lowest BCUT2D eigenvalue weighted by atomic mass is 10.1. The molecule has 2 fully saturated rings. The third kappa shape index (κ3) is 2.81. The molecule has 0 aromatic rings. The van der Waals surface area contributed by atoms with Crippen LogP contribution in [0.4, 0.5) is 0 Å². The van der Waals surface area contributed by atoms with E-state index in [0.717, 1.165) is 45.3 Å². The lowest BCUT2D eigenvalue weighted by Gasteiger charge is -2.32. The highest BCUT2D eigenvalue weighted by Gasteiger charge is 2.36. The number of hydrogen-bond donors (Lipinski definition) is 0. The van der Waals surface area contributed by atoms with Gasteiger partial charge in [0, 0.05) is 19.6 Å². The van der Waals surface area contributed by atoms with E-state index < -0.39 is 0 Å². The Bertz CT molecular complexity index is 303. The second kappa shape index (κ2) is 5.85. The van der Waals surface area contributed by atoms with Crippen molar-refractivity contribution in [3.63, 3.8) is 0 Å². The Morgan fingerprint density at radius 1 is 1.06 bits per heavy atom. The Balaban J connectivity index is 1.99. The number of alkyl halides is 1. The minimum Gasteiger partial charge on any atom is -0.341 e. The summed E-state index contributed by atoms with van der Waals surface area (Å²) in [6.45, 7) is 2.46. The number of halogens is 1. The van der Waals surface area contributed by atoms with E-state index in [0.29, 0.717) is 5.33 Å². The molecule has 0 N–H and O–H groups in total. The molecule has 96 valence electrons. The highest BCUT2D eigenvalue weighted by atomic mass is 79.9. The van der Waals surface area contributed by atoms with Crippen LogP contribution in [0, 0.1) is 0 Å². The minimum atomic E-state index is -0.196. The van der Waals surface area contributed by atoms with Gasteiger partial charge in [-0.05, 0) is 32.1 Å². The smallest absolute Gasteiger partial charge is 0.245 e. The summed E-state index contributed by atoms with van der Waals surface area (Å²) in [6.07, 6.45) is 5.20. The molecule has 2 amide bonds. The molecule has 5 heteroatoms. The van der Waals surface area contributed by atoms with Crippen LogP contribution in [0.25, 0.3) is 0 Å². The number of carbonyl (C=O) groups excluding carboxylic acids is 2. The van der Waals surface area contributed by atoms with E-state index in [2.05, 4.69) is 15.9 Å². The summed E-state index contributed by atoms with van der Waals surface area (Å²) in [7, 11) is 0. The molecule has 2 heterocycles. The summed E-state index contributed by atoms with van der Waals surface area (Å²) >= 11 is 3.18. The average molecular weight is 303 g/mol. The number of rotatable bonds is 2.